The van der Waals surface area contributed by atoms with E-state index in [9.17, 15) is 0 Å². The molecule has 1 atom stereocenters. The van der Waals surface area contributed by atoms with Crippen molar-refractivity contribution in [2.45, 2.75) is 72.3 Å². The Bertz CT molecular complexity index is 1470. The zero-order valence-electron chi connectivity index (χ0n) is 26.4. The molecule has 1 saturated heterocycles. The molecular weight excluding hydrogens is 590 g/mol. The quantitative estimate of drug-likeness (QED) is 0.237. The number of pyridine rings is 1. The Morgan fingerprint density at radius 3 is 2.55 bits per heavy atom. The average Bonchev–Trinajstić information content (AvgIpc) is 3.65. The second-order valence-corrected chi connectivity index (χ2v) is 11.2. The molecule has 4 heterocycles. The highest BCUT2D eigenvalue weighted by Crippen LogP contribution is 2.42. The molecule has 0 spiro atoms. The van der Waals surface area contributed by atoms with E-state index in [0.29, 0.717) is 5.56 Å². The van der Waals surface area contributed by atoms with E-state index in [4.69, 9.17) is 26.8 Å². The monoisotopic (exact) mass is 632 g/mol. The molecule has 0 radical (unpaired) electrons. The number of likely N-dealkylation sites (tertiary alicyclic amines) is 1. The first-order chi connectivity index (χ1) is 21.2. The Hall–Kier alpha value is -3.48. The second-order valence-electron chi connectivity index (χ2n) is 10.8. The summed E-state index contributed by atoms with van der Waals surface area (Å²) in [5, 5.41) is 3.35. The normalized spacial score (nSPS) is 16.8. The highest BCUT2D eigenvalue weighted by atomic mass is 35.5. The zero-order valence-corrected chi connectivity index (χ0v) is 27.1. The number of unbranched alkanes of at least 4 members (excludes halogenated alkanes) is 1. The molecule has 2 aliphatic heterocycles. The molecule has 1 aromatic carbocycles. The number of hydrogen-bond donors (Lipinski definition) is 2. The van der Waals surface area contributed by atoms with Crippen LogP contribution in [0, 0.1) is 18.6 Å². The van der Waals surface area contributed by atoms with Gasteiger partial charge in [0.05, 0.1) is 30.0 Å². The van der Waals surface area contributed by atoms with Crippen LogP contribution in [0.5, 0.6) is 11.9 Å². The first-order valence-corrected chi connectivity index (χ1v) is 15.6. The van der Waals surface area contributed by atoms with Crippen molar-refractivity contribution in [2.75, 3.05) is 44.6 Å². The molecule has 2 aliphatic rings. The van der Waals surface area contributed by atoms with Gasteiger partial charge in [-0.15, -0.1) is 5.12 Å². The highest BCUT2D eigenvalue weighted by Gasteiger charge is 2.30. The number of nitrogen functional groups attached to an aromatic ring is 1. The number of ether oxygens (including phenoxy) is 2. The van der Waals surface area contributed by atoms with Crippen LogP contribution in [0.15, 0.2) is 18.5 Å². The van der Waals surface area contributed by atoms with E-state index in [0.717, 1.165) is 6.04 Å². The number of rotatable bonds is 10. The number of aryl methyl sites for hydroxylation is 1. The molecule has 3 aromatic rings. The molecule has 0 bridgehead atoms. The van der Waals surface area contributed by atoms with Crippen LogP contribution in [-0.4, -0.2) is 64.9 Å². The first kappa shape index (κ1) is 33.4. The lowest BCUT2D eigenvalue weighted by Crippen LogP contribution is -2.38. The van der Waals surface area contributed by atoms with Crippen LogP contribution in [0.3, 0.4) is 0 Å². The number of hydrogen-bond acceptors (Lipinski definition) is 10. The smallest absolute Gasteiger partial charge is 0.318 e. The fourth-order valence-corrected chi connectivity index (χ4v) is 5.83. The number of aromatic nitrogens is 3. The van der Waals surface area contributed by atoms with Crippen LogP contribution in [0.4, 0.5) is 20.3 Å². The van der Waals surface area contributed by atoms with E-state index in [1.807, 2.05) is 0 Å². The molecule has 2 aromatic heterocycles. The molecule has 1 fully saturated rings. The van der Waals surface area contributed by atoms with E-state index in [1.165, 1.54) is 64.8 Å². The summed E-state index contributed by atoms with van der Waals surface area (Å²) in [5.41, 5.74) is 8.16. The third kappa shape index (κ3) is 6.92. The third-order valence-corrected chi connectivity index (χ3v) is 8.23. The fraction of sp³-hybridized carbons (Fsp3) is 0.516. The number of nitrogens with two attached hydrogens (primary N) is 1. The van der Waals surface area contributed by atoms with Crippen molar-refractivity contribution in [2.24, 2.45) is 0 Å². The second kappa shape index (κ2) is 15.0. The summed E-state index contributed by atoms with van der Waals surface area (Å²) in [5.74, 6) is -1.57. The van der Waals surface area contributed by atoms with Gasteiger partial charge in [-0.2, -0.15) is 9.97 Å². The summed E-state index contributed by atoms with van der Waals surface area (Å²) in [6.07, 6.45) is 11.8. The predicted octanol–water partition coefficient (Wildman–Crippen LogP) is 6.61. The van der Waals surface area contributed by atoms with Crippen LogP contribution in [-0.2, 0) is 0 Å². The first-order valence-electron chi connectivity index (χ1n) is 15.2. The fourth-order valence-electron chi connectivity index (χ4n) is 5.60. The van der Waals surface area contributed by atoms with Crippen LogP contribution >= 0.6 is 11.6 Å². The highest BCUT2D eigenvalue weighted by molar-refractivity contribution is 6.34. The van der Waals surface area contributed by atoms with Gasteiger partial charge in [0.2, 0.25) is 5.88 Å². The molecule has 3 N–H and O–H groups in total. The average molecular weight is 633 g/mol. The Balaban J connectivity index is 0.000000309. The maximum atomic E-state index is 15.9. The predicted molar refractivity (Wildman–Crippen MR) is 171 cm³/mol. The third-order valence-electron chi connectivity index (χ3n) is 7.74. The van der Waals surface area contributed by atoms with Crippen molar-refractivity contribution in [1.29, 1.82) is 0 Å². The summed E-state index contributed by atoms with van der Waals surface area (Å²) in [4.78, 5) is 15.5. The maximum Gasteiger partial charge on any atom is 0.318 e. The van der Waals surface area contributed by atoms with Gasteiger partial charge in [-0.1, -0.05) is 38.3 Å². The van der Waals surface area contributed by atoms with E-state index >= 15 is 8.78 Å². The molecular formula is C31H43ClF2N8O2. The lowest BCUT2D eigenvalue weighted by atomic mass is 10.0. The van der Waals surface area contributed by atoms with E-state index < -0.39 is 11.6 Å². The van der Waals surface area contributed by atoms with Crippen molar-refractivity contribution in [1.82, 2.24) is 30.4 Å². The van der Waals surface area contributed by atoms with E-state index in [-0.39, 0.29) is 57.2 Å². The summed E-state index contributed by atoms with van der Waals surface area (Å²) in [6, 6.07) is 2.20. The van der Waals surface area contributed by atoms with Gasteiger partial charge in [0.15, 0.2) is 17.5 Å². The standard InChI is InChI=1S/C20H20ClF2N7O2.C11H23N/c1-5-32-19-12-17(27-20(31-4)28-18(12)30-7-6-25-29(30)3)15(23)16(26-19)11-13(21)9(2)8-10(24)14(11)22;1-3-5-7-11-8-6-10-12(11)9-4-2/h6-8,25H,5,24H2,1-4H3;11H,3-10H2,1-2H3. The number of methoxy groups -OCH3 is 1. The summed E-state index contributed by atoms with van der Waals surface area (Å²) in [6.45, 7) is 10.8. The van der Waals surface area contributed by atoms with Crippen molar-refractivity contribution in [3.8, 4) is 23.1 Å². The Morgan fingerprint density at radius 1 is 1.14 bits per heavy atom. The van der Waals surface area contributed by atoms with Crippen molar-refractivity contribution < 1.29 is 18.3 Å². The number of nitrogens with zero attached hydrogens (tertiary/aromatic N) is 6. The van der Waals surface area contributed by atoms with Gasteiger partial charge >= 0.3 is 6.01 Å². The van der Waals surface area contributed by atoms with Gasteiger partial charge in [-0.25, -0.2) is 18.8 Å². The van der Waals surface area contributed by atoms with Crippen molar-refractivity contribution in [3.63, 3.8) is 0 Å². The van der Waals surface area contributed by atoms with Crippen LogP contribution in [0.2, 0.25) is 5.02 Å². The molecule has 13 heteroatoms. The van der Waals surface area contributed by atoms with Gasteiger partial charge in [0.25, 0.3) is 0 Å². The van der Waals surface area contributed by atoms with Gasteiger partial charge in [0.1, 0.15) is 16.6 Å². The van der Waals surface area contributed by atoms with Gasteiger partial charge in [-0.3, -0.25) is 0 Å². The minimum atomic E-state index is -0.921. The number of anilines is 2. The van der Waals surface area contributed by atoms with Crippen LogP contribution in [0.1, 0.15) is 64.9 Å². The minimum absolute atomic E-state index is 0.000738. The van der Waals surface area contributed by atoms with E-state index in [2.05, 4.69) is 39.1 Å². The Morgan fingerprint density at radius 2 is 1.91 bits per heavy atom. The molecule has 1 unspecified atom stereocenters. The summed E-state index contributed by atoms with van der Waals surface area (Å²) < 4.78 is 41.8. The molecule has 44 heavy (non-hydrogen) atoms. The molecule has 0 saturated carbocycles. The SMILES string of the molecule is CCCCC1CCCN1CCC.CCOc1nc(-c2c(F)c(N)cc(C)c2Cl)c(F)c2nc(OC)nc(N3C=CNN3C)c12. The van der Waals surface area contributed by atoms with E-state index in [1.54, 1.807) is 43.4 Å². The molecule has 0 amide bonds. The zero-order chi connectivity index (χ0) is 32.0. The lowest BCUT2D eigenvalue weighted by molar-refractivity contribution is 0.240. The lowest BCUT2D eigenvalue weighted by Gasteiger charge is -2.25. The topological polar surface area (TPSA) is 105 Å². The number of benzene rings is 1. The molecule has 240 valence electrons. The molecule has 10 nitrogen and oxygen atoms in total. The summed E-state index contributed by atoms with van der Waals surface area (Å²) >= 11 is 6.34. The number of nitrogens with one attached hydrogen (secondary N) is 1. The van der Waals surface area contributed by atoms with Gasteiger partial charge in [0, 0.05) is 25.5 Å². The number of fused-ring (bicyclic) bond motifs is 1. The number of hydrazine groups is 2. The Labute approximate surface area is 263 Å². The van der Waals surface area contributed by atoms with Crippen molar-refractivity contribution in [3.05, 3.63) is 40.7 Å². The minimum Gasteiger partial charge on any atom is -0.477 e. The van der Waals surface area contributed by atoms with Gasteiger partial charge in [-0.05, 0) is 64.3 Å². The van der Waals surface area contributed by atoms with Crippen LogP contribution < -0.4 is 25.6 Å². The molecule has 5 rings (SSSR count). The maximum absolute atomic E-state index is 15.9. The van der Waals surface area contributed by atoms with Gasteiger partial charge < -0.3 is 25.5 Å². The summed E-state index contributed by atoms with van der Waals surface area (Å²) in [7, 11) is 3.08. The number of halogens is 3. The van der Waals surface area contributed by atoms with Crippen LogP contribution in [0.25, 0.3) is 22.2 Å². The molecule has 0 aliphatic carbocycles. The Kier molecular flexibility index (Phi) is 11.4. The largest absolute Gasteiger partial charge is 0.477 e. The van der Waals surface area contributed by atoms with Crippen molar-refractivity contribution >= 4 is 34.0 Å².